The molecule has 0 N–H and O–H groups in total. The van der Waals surface area contributed by atoms with Crippen molar-refractivity contribution in [1.82, 2.24) is 0 Å². The molecule has 10 heteroatoms. The fourth-order valence-corrected chi connectivity index (χ4v) is 8.64. The third-order valence-electron chi connectivity index (χ3n) is 10.7. The highest BCUT2D eigenvalue weighted by Gasteiger charge is 2.88. The van der Waals surface area contributed by atoms with E-state index in [1.165, 1.54) is 26.8 Å². The quantitative estimate of drug-likeness (QED) is 0.146. The first-order valence-corrected chi connectivity index (χ1v) is 15.4. The molecule has 3 aliphatic carbocycles. The van der Waals surface area contributed by atoms with Gasteiger partial charge in [0.1, 0.15) is 18.3 Å². The number of hydrogen-bond acceptors (Lipinski definition) is 10. The molecular weight excluding hydrogens is 580 g/mol. The molecule has 0 aromatic heterocycles. The van der Waals surface area contributed by atoms with Gasteiger partial charge in [0.2, 0.25) is 0 Å². The van der Waals surface area contributed by atoms with E-state index in [9.17, 15) is 24.0 Å². The lowest BCUT2D eigenvalue weighted by Crippen LogP contribution is -2.71. The van der Waals surface area contributed by atoms with E-state index in [4.69, 9.17) is 23.7 Å². The van der Waals surface area contributed by atoms with Crippen LogP contribution in [0.15, 0.2) is 48.6 Å². The van der Waals surface area contributed by atoms with Gasteiger partial charge in [-0.3, -0.25) is 19.2 Å². The molecule has 10 nitrogen and oxygen atoms in total. The molecule has 1 aliphatic heterocycles. The van der Waals surface area contributed by atoms with Crippen molar-refractivity contribution in [3.8, 4) is 0 Å². The highest BCUT2D eigenvalue weighted by Crippen LogP contribution is 2.72. The summed E-state index contributed by atoms with van der Waals surface area (Å²) < 4.78 is 30.5. The summed E-state index contributed by atoms with van der Waals surface area (Å²) in [6.07, 6.45) is -0.339. The van der Waals surface area contributed by atoms with Crippen LogP contribution >= 0.6 is 0 Å². The number of epoxide rings is 1. The summed E-state index contributed by atoms with van der Waals surface area (Å²) in [7, 11) is 0. The maximum absolute atomic E-state index is 13.8. The molecule has 9 atom stereocenters. The Balaban J connectivity index is 1.63. The van der Waals surface area contributed by atoms with Crippen LogP contribution in [0.5, 0.6) is 0 Å². The SMILES string of the molecule is C=C1[C@H](OC(=O)/C=C\c2ccccc2)CC[C@@]2(C)[C@H](OC(C)=O)[C@H](OC(C)=O)[C@]34O[C@@]3(C)C(=O)C[C@@H]([C@H](OC(C)=O)[C@H]12)C4(C)C. The summed E-state index contributed by atoms with van der Waals surface area (Å²) in [4.78, 5) is 65.0. The summed E-state index contributed by atoms with van der Waals surface area (Å²) >= 11 is 0. The van der Waals surface area contributed by atoms with Gasteiger partial charge in [-0.1, -0.05) is 57.7 Å². The molecule has 5 rings (SSSR count). The van der Waals surface area contributed by atoms with Crippen molar-refractivity contribution < 1.29 is 47.7 Å². The number of carbonyl (C=O) groups is 5. The third kappa shape index (κ3) is 5.11. The van der Waals surface area contributed by atoms with Crippen LogP contribution in [0.25, 0.3) is 6.08 Å². The Morgan fingerprint density at radius 1 is 0.889 bits per heavy atom. The number of fused-ring (bicyclic) bond motifs is 2. The highest BCUT2D eigenvalue weighted by atomic mass is 16.7. The topological polar surface area (TPSA) is 135 Å². The second-order valence-corrected chi connectivity index (χ2v) is 13.7. The predicted molar refractivity (Wildman–Crippen MR) is 161 cm³/mol. The van der Waals surface area contributed by atoms with Gasteiger partial charge in [0.25, 0.3) is 0 Å². The number of ketones is 1. The second-order valence-electron chi connectivity index (χ2n) is 13.7. The van der Waals surface area contributed by atoms with E-state index in [0.29, 0.717) is 18.4 Å². The normalized spacial score (nSPS) is 38.1. The van der Waals surface area contributed by atoms with Crippen LogP contribution in [0.1, 0.15) is 73.3 Å². The van der Waals surface area contributed by atoms with E-state index in [1.807, 2.05) is 51.1 Å². The number of carbonyl (C=O) groups excluding carboxylic acids is 5. The molecule has 45 heavy (non-hydrogen) atoms. The van der Waals surface area contributed by atoms with Gasteiger partial charge in [-0.25, -0.2) is 4.79 Å². The fraction of sp³-hybridized carbons (Fsp3) is 0.571. The number of Topliss-reactive ketones (excluding diaryl/α,β-unsaturated/α-hetero) is 1. The lowest BCUT2D eigenvalue weighted by Gasteiger charge is -2.60. The summed E-state index contributed by atoms with van der Waals surface area (Å²) in [6, 6.07) is 9.31. The first-order valence-electron chi connectivity index (χ1n) is 15.4. The molecule has 1 heterocycles. The molecule has 3 saturated carbocycles. The van der Waals surface area contributed by atoms with E-state index in [1.54, 1.807) is 13.0 Å². The average Bonchev–Trinajstić information content (AvgIpc) is 3.62. The van der Waals surface area contributed by atoms with Crippen LogP contribution in [-0.2, 0) is 47.7 Å². The van der Waals surface area contributed by atoms with E-state index in [-0.39, 0.29) is 12.2 Å². The zero-order valence-corrected chi connectivity index (χ0v) is 26.9. The first-order chi connectivity index (χ1) is 21.0. The Morgan fingerprint density at radius 3 is 2.09 bits per heavy atom. The Kier molecular flexibility index (Phi) is 8.13. The molecule has 1 spiro atoms. The maximum Gasteiger partial charge on any atom is 0.331 e. The second kappa shape index (κ2) is 11.2. The van der Waals surface area contributed by atoms with Gasteiger partial charge in [-0.05, 0) is 37.0 Å². The lowest BCUT2D eigenvalue weighted by atomic mass is 9.46. The maximum atomic E-state index is 13.8. The molecule has 1 saturated heterocycles. The molecule has 0 amide bonds. The number of hydrogen-bond donors (Lipinski definition) is 0. The molecule has 0 unspecified atom stereocenters. The standard InChI is InChI=1S/C35H42O10/c1-19-25(44-27(40)15-14-23-12-10-9-11-13-23)16-17-33(7)28(19)29(41-20(2)36)24-18-26(39)34(8)35(45-34,32(24,5)6)31(43-22(4)38)30(33)42-21(3)37/h9-15,24-25,28-31H,1,16-18H2,2-8H3/b15-14-/t24-,25+,28-,29-,30+,31-,33+,34-,35+/m0/s1. The van der Waals surface area contributed by atoms with Gasteiger partial charge in [-0.2, -0.15) is 0 Å². The van der Waals surface area contributed by atoms with Crippen molar-refractivity contribution in [3.05, 3.63) is 54.1 Å². The minimum Gasteiger partial charge on any atom is -0.462 e. The average molecular weight is 623 g/mol. The van der Waals surface area contributed by atoms with Gasteiger partial charge in [0.05, 0.1) is 0 Å². The Bertz CT molecular complexity index is 1460. The lowest BCUT2D eigenvalue weighted by molar-refractivity contribution is -0.230. The van der Waals surface area contributed by atoms with Gasteiger partial charge >= 0.3 is 23.9 Å². The van der Waals surface area contributed by atoms with Gasteiger partial charge < -0.3 is 23.7 Å². The van der Waals surface area contributed by atoms with Crippen LogP contribution in [0.2, 0.25) is 0 Å². The van der Waals surface area contributed by atoms with Crippen LogP contribution in [0.3, 0.4) is 0 Å². The molecule has 2 bridgehead atoms. The van der Waals surface area contributed by atoms with E-state index in [2.05, 4.69) is 6.58 Å². The minimum atomic E-state index is -1.37. The molecule has 1 aromatic rings. The summed E-state index contributed by atoms with van der Waals surface area (Å²) in [5.41, 5.74) is -3.37. The van der Waals surface area contributed by atoms with E-state index >= 15 is 0 Å². The zero-order chi connectivity index (χ0) is 33.1. The van der Waals surface area contributed by atoms with Crippen LogP contribution in [0.4, 0.5) is 0 Å². The number of esters is 4. The summed E-state index contributed by atoms with van der Waals surface area (Å²) in [5.74, 6) is -3.99. The Morgan fingerprint density at radius 2 is 1.49 bits per heavy atom. The first kappa shape index (κ1) is 32.6. The monoisotopic (exact) mass is 622 g/mol. The highest BCUT2D eigenvalue weighted by molar-refractivity contribution is 5.94. The van der Waals surface area contributed by atoms with Gasteiger partial charge in [0.15, 0.2) is 23.1 Å². The van der Waals surface area contributed by atoms with Crippen LogP contribution < -0.4 is 0 Å². The van der Waals surface area contributed by atoms with Crippen molar-refractivity contribution in [2.75, 3.05) is 0 Å². The largest absolute Gasteiger partial charge is 0.462 e. The number of rotatable bonds is 6. The molecule has 1 aromatic carbocycles. The summed E-state index contributed by atoms with van der Waals surface area (Å²) in [6.45, 7) is 15.5. The van der Waals surface area contributed by atoms with Gasteiger partial charge in [0, 0.05) is 55.9 Å². The molecule has 0 radical (unpaired) electrons. The minimum absolute atomic E-state index is 0.0261. The Labute approximate surface area is 263 Å². The van der Waals surface area contributed by atoms with Crippen molar-refractivity contribution in [3.63, 3.8) is 0 Å². The predicted octanol–water partition coefficient (Wildman–Crippen LogP) is 4.54. The van der Waals surface area contributed by atoms with E-state index in [0.717, 1.165) is 5.56 Å². The van der Waals surface area contributed by atoms with Crippen LogP contribution in [0, 0.1) is 22.7 Å². The molecular formula is C35H42O10. The third-order valence-corrected chi connectivity index (χ3v) is 10.7. The fourth-order valence-electron chi connectivity index (χ4n) is 8.64. The van der Waals surface area contributed by atoms with Crippen molar-refractivity contribution in [1.29, 1.82) is 0 Å². The molecule has 242 valence electrons. The summed E-state index contributed by atoms with van der Waals surface area (Å²) in [5, 5.41) is 0. The smallest absolute Gasteiger partial charge is 0.331 e. The molecule has 4 fully saturated rings. The molecule has 4 aliphatic rings. The van der Waals surface area contributed by atoms with Crippen molar-refractivity contribution >= 4 is 35.7 Å². The zero-order valence-electron chi connectivity index (χ0n) is 26.9. The van der Waals surface area contributed by atoms with Crippen molar-refractivity contribution in [2.45, 2.75) is 103 Å². The Hall–Kier alpha value is -3.79. The van der Waals surface area contributed by atoms with Crippen LogP contribution in [-0.4, -0.2) is 65.3 Å². The number of benzene rings is 1. The van der Waals surface area contributed by atoms with E-state index < -0.39 is 82.2 Å². The van der Waals surface area contributed by atoms with Gasteiger partial charge in [-0.15, -0.1) is 0 Å². The number of ether oxygens (including phenoxy) is 5. The van der Waals surface area contributed by atoms with Crippen molar-refractivity contribution in [2.24, 2.45) is 22.7 Å².